The van der Waals surface area contributed by atoms with Crippen molar-refractivity contribution in [3.05, 3.63) is 53.5 Å². The van der Waals surface area contributed by atoms with Crippen LogP contribution >= 0.6 is 0 Å². The summed E-state index contributed by atoms with van der Waals surface area (Å²) < 4.78 is 20.1. The number of ether oxygens (including phenoxy) is 1. The number of pyridine rings is 1. The molecule has 0 radical (unpaired) electrons. The topological polar surface area (TPSA) is 51.4 Å². The maximum Gasteiger partial charge on any atom is 0.134 e. The Labute approximate surface area is 158 Å². The summed E-state index contributed by atoms with van der Waals surface area (Å²) in [5.41, 5.74) is 11.3. The monoisotopic (exact) mass is 365 g/mol. The third-order valence-corrected chi connectivity index (χ3v) is 5.29. The minimum atomic E-state index is -0.327. The van der Waals surface area contributed by atoms with Crippen LogP contribution in [0.1, 0.15) is 31.0 Å². The highest BCUT2D eigenvalue weighted by Crippen LogP contribution is 2.40. The molecule has 1 aromatic heterocycles. The maximum absolute atomic E-state index is 14.7. The number of hydrogen-bond donors (Lipinski definition) is 1. The lowest BCUT2D eigenvalue weighted by molar-refractivity contribution is 0.278. The van der Waals surface area contributed by atoms with Gasteiger partial charge in [-0.05, 0) is 25.1 Å². The van der Waals surface area contributed by atoms with Crippen LogP contribution in [0.5, 0.6) is 5.75 Å². The SMILES string of the molecule is CCCCN1Cc2nc3c(-c4c(F)cccc4OC)cccc3c(N)c2C1. The summed E-state index contributed by atoms with van der Waals surface area (Å²) in [4.78, 5) is 7.30. The van der Waals surface area contributed by atoms with Gasteiger partial charge in [0, 0.05) is 35.3 Å². The number of rotatable bonds is 5. The number of benzene rings is 2. The molecule has 1 aliphatic heterocycles. The zero-order valence-electron chi connectivity index (χ0n) is 15.8. The molecule has 0 fully saturated rings. The second-order valence-electron chi connectivity index (χ2n) is 7.03. The first-order valence-electron chi connectivity index (χ1n) is 9.39. The molecule has 0 aliphatic carbocycles. The Bertz CT molecular complexity index is 1000. The second kappa shape index (κ2) is 7.16. The average Bonchev–Trinajstić information content (AvgIpc) is 3.09. The lowest BCUT2D eigenvalue weighted by atomic mass is 9.98. The van der Waals surface area contributed by atoms with E-state index in [-0.39, 0.29) is 5.82 Å². The van der Waals surface area contributed by atoms with Gasteiger partial charge in [-0.1, -0.05) is 37.6 Å². The van der Waals surface area contributed by atoms with E-state index in [4.69, 9.17) is 15.5 Å². The summed E-state index contributed by atoms with van der Waals surface area (Å²) in [7, 11) is 1.55. The van der Waals surface area contributed by atoms with Crippen molar-refractivity contribution in [2.45, 2.75) is 32.9 Å². The first-order valence-corrected chi connectivity index (χ1v) is 9.39. The van der Waals surface area contributed by atoms with Crippen LogP contribution < -0.4 is 10.5 Å². The molecule has 0 atom stereocenters. The molecule has 2 aromatic carbocycles. The normalized spacial score (nSPS) is 13.9. The highest BCUT2D eigenvalue weighted by molar-refractivity contribution is 6.02. The number of methoxy groups -OCH3 is 1. The Hall–Kier alpha value is -2.66. The van der Waals surface area contributed by atoms with Crippen LogP contribution in [0.2, 0.25) is 0 Å². The van der Waals surface area contributed by atoms with Gasteiger partial charge in [-0.2, -0.15) is 0 Å². The molecule has 3 aromatic rings. The van der Waals surface area contributed by atoms with Crippen molar-refractivity contribution in [3.63, 3.8) is 0 Å². The summed E-state index contributed by atoms with van der Waals surface area (Å²) >= 11 is 0. The molecule has 0 spiro atoms. The molecule has 0 unspecified atom stereocenters. The molecule has 27 heavy (non-hydrogen) atoms. The minimum absolute atomic E-state index is 0.327. The van der Waals surface area contributed by atoms with Crippen molar-refractivity contribution < 1.29 is 9.13 Å². The lowest BCUT2D eigenvalue weighted by Crippen LogP contribution is -2.17. The molecule has 5 heteroatoms. The van der Waals surface area contributed by atoms with E-state index in [9.17, 15) is 4.39 Å². The van der Waals surface area contributed by atoms with Gasteiger partial charge in [0.25, 0.3) is 0 Å². The van der Waals surface area contributed by atoms with Crippen LogP contribution in [-0.2, 0) is 13.1 Å². The Balaban J connectivity index is 1.88. The van der Waals surface area contributed by atoms with E-state index < -0.39 is 0 Å². The summed E-state index contributed by atoms with van der Waals surface area (Å²) in [5.74, 6) is 0.167. The van der Waals surface area contributed by atoms with Crippen LogP contribution in [0, 0.1) is 5.82 Å². The number of anilines is 1. The third-order valence-electron chi connectivity index (χ3n) is 5.29. The van der Waals surface area contributed by atoms with Gasteiger partial charge >= 0.3 is 0 Å². The van der Waals surface area contributed by atoms with Gasteiger partial charge in [0.05, 0.1) is 23.9 Å². The van der Waals surface area contributed by atoms with E-state index in [1.165, 1.54) is 6.07 Å². The second-order valence-corrected chi connectivity index (χ2v) is 7.03. The number of fused-ring (bicyclic) bond motifs is 2. The summed E-state index contributed by atoms with van der Waals surface area (Å²) in [5, 5.41) is 0.869. The molecule has 4 nitrogen and oxygen atoms in total. The van der Waals surface area contributed by atoms with E-state index >= 15 is 0 Å². The number of halogens is 1. The molecule has 2 heterocycles. The molecule has 0 bridgehead atoms. The first-order chi connectivity index (χ1) is 13.1. The zero-order valence-corrected chi connectivity index (χ0v) is 15.8. The van der Waals surface area contributed by atoms with Crippen molar-refractivity contribution in [2.75, 3.05) is 19.4 Å². The molecule has 2 N–H and O–H groups in total. The largest absolute Gasteiger partial charge is 0.496 e. The Morgan fingerprint density at radius 3 is 2.78 bits per heavy atom. The van der Waals surface area contributed by atoms with Gasteiger partial charge in [0.2, 0.25) is 0 Å². The zero-order chi connectivity index (χ0) is 19.0. The number of nitrogen functional groups attached to an aromatic ring is 1. The highest BCUT2D eigenvalue weighted by atomic mass is 19.1. The minimum Gasteiger partial charge on any atom is -0.496 e. The quantitative estimate of drug-likeness (QED) is 0.709. The van der Waals surface area contributed by atoms with Crippen LogP contribution in [-0.4, -0.2) is 23.5 Å². The van der Waals surface area contributed by atoms with Gasteiger partial charge in [-0.15, -0.1) is 0 Å². The van der Waals surface area contributed by atoms with E-state index in [1.54, 1.807) is 19.2 Å². The van der Waals surface area contributed by atoms with Gasteiger partial charge in [0.1, 0.15) is 11.6 Å². The molecule has 1 aliphatic rings. The fourth-order valence-electron chi connectivity index (χ4n) is 3.88. The summed E-state index contributed by atoms with van der Waals surface area (Å²) in [6, 6.07) is 10.6. The smallest absolute Gasteiger partial charge is 0.134 e. The predicted molar refractivity (Wildman–Crippen MR) is 107 cm³/mol. The predicted octanol–water partition coefficient (Wildman–Crippen LogP) is 4.75. The standard InChI is InChI=1S/C22H24FN3O/c1-3-4-11-26-12-16-18(13-26)25-22-14(7-5-8-15(22)21(16)24)20-17(23)9-6-10-19(20)27-2/h5-10H,3-4,11-13H2,1-2H3,(H2,24,25). The number of hydrogen-bond acceptors (Lipinski definition) is 4. The molecular weight excluding hydrogens is 341 g/mol. The Morgan fingerprint density at radius 1 is 1.19 bits per heavy atom. The Morgan fingerprint density at radius 2 is 2.00 bits per heavy atom. The van der Waals surface area contributed by atoms with Gasteiger partial charge in [0.15, 0.2) is 0 Å². The van der Waals surface area contributed by atoms with Gasteiger partial charge in [-0.25, -0.2) is 4.39 Å². The first kappa shape index (κ1) is 17.7. The number of unbranched alkanes of at least 4 members (excludes halogenated alkanes) is 1. The van der Waals surface area contributed by atoms with Crippen molar-refractivity contribution in [1.82, 2.24) is 9.88 Å². The van der Waals surface area contributed by atoms with Crippen molar-refractivity contribution in [1.29, 1.82) is 0 Å². The maximum atomic E-state index is 14.7. The molecule has 140 valence electrons. The highest BCUT2D eigenvalue weighted by Gasteiger charge is 2.25. The third kappa shape index (κ3) is 3.02. The van der Waals surface area contributed by atoms with E-state index in [0.29, 0.717) is 16.9 Å². The number of aromatic nitrogens is 1. The Kier molecular flexibility index (Phi) is 4.70. The average molecular weight is 365 g/mol. The van der Waals surface area contributed by atoms with E-state index in [0.717, 1.165) is 60.3 Å². The molecule has 0 amide bonds. The van der Waals surface area contributed by atoms with Crippen LogP contribution in [0.4, 0.5) is 10.1 Å². The van der Waals surface area contributed by atoms with E-state index in [1.807, 2.05) is 18.2 Å². The van der Waals surface area contributed by atoms with Crippen LogP contribution in [0.3, 0.4) is 0 Å². The number of para-hydroxylation sites is 1. The molecule has 4 rings (SSSR count). The summed E-state index contributed by atoms with van der Waals surface area (Å²) in [6.07, 6.45) is 2.32. The van der Waals surface area contributed by atoms with E-state index in [2.05, 4.69) is 11.8 Å². The molecular formula is C22H24FN3O. The van der Waals surface area contributed by atoms with Gasteiger partial charge in [-0.3, -0.25) is 9.88 Å². The van der Waals surface area contributed by atoms with Crippen molar-refractivity contribution in [2.24, 2.45) is 0 Å². The number of nitrogens with two attached hydrogens (primary N) is 1. The molecule has 0 saturated carbocycles. The fraction of sp³-hybridized carbons (Fsp3) is 0.318. The van der Waals surface area contributed by atoms with Crippen LogP contribution in [0.15, 0.2) is 36.4 Å². The lowest BCUT2D eigenvalue weighted by Gasteiger charge is -2.14. The van der Waals surface area contributed by atoms with Crippen molar-refractivity contribution in [3.8, 4) is 16.9 Å². The fourth-order valence-corrected chi connectivity index (χ4v) is 3.88. The van der Waals surface area contributed by atoms with Crippen molar-refractivity contribution >= 4 is 16.6 Å². The summed E-state index contributed by atoms with van der Waals surface area (Å²) in [6.45, 7) is 4.85. The number of nitrogens with zero attached hydrogens (tertiary/aromatic N) is 2. The molecule has 0 saturated heterocycles. The van der Waals surface area contributed by atoms with Gasteiger partial charge < -0.3 is 10.5 Å². The van der Waals surface area contributed by atoms with Crippen LogP contribution in [0.25, 0.3) is 22.0 Å².